The van der Waals surface area contributed by atoms with Gasteiger partial charge in [-0.3, -0.25) is 4.57 Å². The van der Waals surface area contributed by atoms with Gasteiger partial charge >= 0.3 is 0 Å². The van der Waals surface area contributed by atoms with Crippen molar-refractivity contribution in [1.82, 2.24) is 0 Å². The van der Waals surface area contributed by atoms with Gasteiger partial charge in [0.15, 0.2) is 0 Å². The second kappa shape index (κ2) is 4.95. The summed E-state index contributed by atoms with van der Waals surface area (Å²) in [4.78, 5) is 0. The van der Waals surface area contributed by atoms with E-state index in [2.05, 4.69) is 44.8 Å². The molecule has 1 nitrogen and oxygen atoms in total. The lowest BCUT2D eigenvalue weighted by atomic mass is 10.1. The van der Waals surface area contributed by atoms with Crippen LogP contribution in [0.4, 0.5) is 0 Å². The summed E-state index contributed by atoms with van der Waals surface area (Å²) >= 11 is 6.20. The average molecular weight is 292 g/mol. The molecule has 0 aliphatic carbocycles. The first-order valence-corrected chi connectivity index (χ1v) is 9.33. The Morgan fingerprint density at radius 3 is 2.20 bits per heavy atom. The minimum absolute atomic E-state index is 0.714. The molecule has 0 aliphatic rings. The molecule has 10 heavy (non-hydrogen) atoms. The van der Waals surface area contributed by atoms with E-state index in [-0.39, 0.29) is 0 Å². The summed E-state index contributed by atoms with van der Waals surface area (Å²) in [5, 5.41) is 0. The molecule has 0 amide bonds. The summed E-state index contributed by atoms with van der Waals surface area (Å²) in [7, 11) is 0. The van der Waals surface area contributed by atoms with Gasteiger partial charge in [0.1, 0.15) is 0 Å². The maximum atomic E-state index is 11.0. The van der Waals surface area contributed by atoms with Gasteiger partial charge in [-0.2, -0.15) is 0 Å². The largest absolute Gasteiger partial charge is 0.300 e. The van der Waals surface area contributed by atoms with Crippen molar-refractivity contribution in [2.24, 2.45) is 5.92 Å². The standard InChI is InChI=1S/C6H13Br2OP/c1-6(2)4-3-5-10(7,8)9/h6H,3-5H2,1-2H3. The minimum Gasteiger partial charge on any atom is -0.300 e. The molecule has 0 aliphatic heterocycles. The first-order chi connectivity index (χ1) is 4.42. The van der Waals surface area contributed by atoms with Crippen molar-refractivity contribution in [1.29, 1.82) is 0 Å². The Labute approximate surface area is 78.8 Å². The van der Waals surface area contributed by atoms with Crippen LogP contribution in [-0.4, -0.2) is 6.16 Å². The van der Waals surface area contributed by atoms with Crippen molar-refractivity contribution in [2.45, 2.75) is 26.7 Å². The van der Waals surface area contributed by atoms with Crippen molar-refractivity contribution in [3.63, 3.8) is 0 Å². The molecule has 0 rings (SSSR count). The van der Waals surface area contributed by atoms with Crippen molar-refractivity contribution >= 4 is 35.5 Å². The normalized spacial score (nSPS) is 12.5. The van der Waals surface area contributed by atoms with Crippen LogP contribution in [-0.2, 0) is 4.57 Å². The predicted molar refractivity (Wildman–Crippen MR) is 54.4 cm³/mol. The Morgan fingerprint density at radius 1 is 1.40 bits per heavy atom. The maximum absolute atomic E-state index is 11.0. The highest BCUT2D eigenvalue weighted by molar-refractivity contribution is 9.70. The van der Waals surface area contributed by atoms with E-state index >= 15 is 0 Å². The van der Waals surface area contributed by atoms with E-state index in [0.29, 0.717) is 5.92 Å². The van der Waals surface area contributed by atoms with Crippen LogP contribution in [0.5, 0.6) is 0 Å². The Balaban J connectivity index is 3.30. The molecule has 0 saturated heterocycles. The SMILES string of the molecule is CC(C)CCCP(=O)(Br)Br. The zero-order chi connectivity index (χ0) is 8.20. The van der Waals surface area contributed by atoms with E-state index in [1.807, 2.05) is 0 Å². The van der Waals surface area contributed by atoms with Gasteiger partial charge in [-0.05, 0) is 43.3 Å². The average Bonchev–Trinajstić information content (AvgIpc) is 1.59. The Bertz CT molecular complexity index is 130. The fourth-order valence-corrected chi connectivity index (χ4v) is 2.74. The summed E-state index contributed by atoms with van der Waals surface area (Å²) in [6.07, 6.45) is 2.94. The first kappa shape index (κ1) is 11.2. The molecule has 0 aromatic carbocycles. The van der Waals surface area contributed by atoms with Crippen LogP contribution in [0.1, 0.15) is 26.7 Å². The Morgan fingerprint density at radius 2 is 1.90 bits per heavy atom. The monoisotopic (exact) mass is 290 g/mol. The van der Waals surface area contributed by atoms with Crippen LogP contribution in [0.3, 0.4) is 0 Å². The van der Waals surface area contributed by atoms with E-state index in [1.165, 1.54) is 0 Å². The topological polar surface area (TPSA) is 17.1 Å². The molecule has 0 heterocycles. The summed E-state index contributed by atoms with van der Waals surface area (Å²) in [6, 6.07) is 0. The van der Waals surface area contributed by atoms with Crippen molar-refractivity contribution in [2.75, 3.05) is 6.16 Å². The van der Waals surface area contributed by atoms with Gasteiger partial charge in [-0.1, -0.05) is 20.3 Å². The summed E-state index contributed by atoms with van der Waals surface area (Å²) in [5.41, 5.74) is 0. The van der Waals surface area contributed by atoms with E-state index < -0.39 is 4.55 Å². The molecule has 0 aromatic rings. The molecule has 0 aromatic heterocycles. The molecule has 0 saturated carbocycles. The van der Waals surface area contributed by atoms with Gasteiger partial charge in [0.2, 0.25) is 4.55 Å². The van der Waals surface area contributed by atoms with Gasteiger partial charge in [-0.25, -0.2) is 0 Å². The smallest absolute Gasteiger partial charge is 0.208 e. The third-order valence-corrected chi connectivity index (χ3v) is 4.16. The number of hydrogen-bond donors (Lipinski definition) is 0. The zero-order valence-corrected chi connectivity index (χ0v) is 10.4. The third-order valence-electron chi connectivity index (χ3n) is 1.20. The Hall–Kier alpha value is 1.19. The van der Waals surface area contributed by atoms with Gasteiger partial charge < -0.3 is 0 Å². The molecule has 0 N–H and O–H groups in total. The van der Waals surface area contributed by atoms with Gasteiger partial charge in [0.25, 0.3) is 0 Å². The quantitative estimate of drug-likeness (QED) is 0.702. The summed E-state index contributed by atoms with van der Waals surface area (Å²) < 4.78 is 8.93. The lowest BCUT2D eigenvalue weighted by molar-refractivity contribution is 0.566. The Kier molecular flexibility index (Phi) is 5.54. The molecular formula is C6H13Br2OP. The molecule has 0 atom stereocenters. The van der Waals surface area contributed by atoms with Crippen LogP contribution >= 0.6 is 35.5 Å². The van der Waals surface area contributed by atoms with Crippen LogP contribution in [0.2, 0.25) is 0 Å². The second-order valence-electron chi connectivity index (χ2n) is 2.83. The van der Waals surface area contributed by atoms with E-state index in [4.69, 9.17) is 0 Å². The molecule has 0 spiro atoms. The maximum Gasteiger partial charge on any atom is 0.208 e. The second-order valence-corrected chi connectivity index (χ2v) is 14.1. The molecule has 0 radical (unpaired) electrons. The van der Waals surface area contributed by atoms with Crippen molar-refractivity contribution in [3.8, 4) is 0 Å². The van der Waals surface area contributed by atoms with E-state index in [0.717, 1.165) is 19.0 Å². The molecule has 0 bridgehead atoms. The summed E-state index contributed by atoms with van der Waals surface area (Å²) in [6.45, 7) is 4.35. The van der Waals surface area contributed by atoms with Crippen LogP contribution in [0, 0.1) is 5.92 Å². The van der Waals surface area contributed by atoms with Crippen LogP contribution < -0.4 is 0 Å². The zero-order valence-electron chi connectivity index (χ0n) is 6.31. The van der Waals surface area contributed by atoms with Crippen LogP contribution in [0.15, 0.2) is 0 Å². The van der Waals surface area contributed by atoms with Gasteiger partial charge in [0.05, 0.1) is 0 Å². The van der Waals surface area contributed by atoms with Crippen LogP contribution in [0.25, 0.3) is 0 Å². The fraction of sp³-hybridized carbons (Fsp3) is 1.00. The fourth-order valence-electron chi connectivity index (χ4n) is 0.684. The predicted octanol–water partition coefficient (Wildman–Crippen LogP) is 4.41. The van der Waals surface area contributed by atoms with E-state index in [1.54, 1.807) is 0 Å². The molecule has 0 unspecified atom stereocenters. The molecule has 62 valence electrons. The first-order valence-electron chi connectivity index (χ1n) is 3.40. The van der Waals surface area contributed by atoms with Gasteiger partial charge in [0, 0.05) is 6.16 Å². The lowest BCUT2D eigenvalue weighted by Crippen LogP contribution is -1.88. The highest BCUT2D eigenvalue weighted by Crippen LogP contribution is 2.61. The molecular weight excluding hydrogens is 279 g/mol. The van der Waals surface area contributed by atoms with Crippen molar-refractivity contribution < 1.29 is 4.57 Å². The van der Waals surface area contributed by atoms with E-state index in [9.17, 15) is 4.57 Å². The minimum atomic E-state index is -2.10. The molecule has 0 fully saturated rings. The lowest BCUT2D eigenvalue weighted by Gasteiger charge is -2.04. The number of hydrogen-bond acceptors (Lipinski definition) is 1. The molecule has 4 heteroatoms. The third kappa shape index (κ3) is 9.19. The number of rotatable bonds is 4. The van der Waals surface area contributed by atoms with Crippen molar-refractivity contribution in [3.05, 3.63) is 0 Å². The highest BCUT2D eigenvalue weighted by atomic mass is 79.9. The summed E-state index contributed by atoms with van der Waals surface area (Å²) in [5.74, 6) is 0.714. The highest BCUT2D eigenvalue weighted by Gasteiger charge is 2.10. The number of halogens is 2. The van der Waals surface area contributed by atoms with Gasteiger partial charge in [-0.15, -0.1) is 0 Å².